The SMILES string of the molecule is CC1CCN(C)C(CC(=O)O)CN1C1CCCCC1. The molecule has 2 rings (SSSR count). The third kappa shape index (κ3) is 3.93. The molecule has 4 nitrogen and oxygen atoms in total. The molecule has 2 unspecified atom stereocenters. The molecular formula is C15H28N2O2. The zero-order chi connectivity index (χ0) is 13.8. The standard InChI is InChI=1S/C15H28N2O2/c1-12-8-9-16(2)14(10-15(18)19)11-17(12)13-6-4-3-5-7-13/h12-14H,3-11H2,1-2H3,(H,18,19). The van der Waals surface area contributed by atoms with Crippen molar-refractivity contribution in [2.75, 3.05) is 20.1 Å². The average molecular weight is 268 g/mol. The Morgan fingerprint density at radius 1 is 1.21 bits per heavy atom. The molecule has 2 fully saturated rings. The normalized spacial score (nSPS) is 32.1. The number of carboxylic acids is 1. The van der Waals surface area contributed by atoms with Crippen molar-refractivity contribution in [1.29, 1.82) is 0 Å². The van der Waals surface area contributed by atoms with E-state index < -0.39 is 5.97 Å². The van der Waals surface area contributed by atoms with E-state index in [1.807, 2.05) is 0 Å². The van der Waals surface area contributed by atoms with E-state index in [0.29, 0.717) is 12.1 Å². The summed E-state index contributed by atoms with van der Waals surface area (Å²) in [5.41, 5.74) is 0. The van der Waals surface area contributed by atoms with Crippen LogP contribution in [-0.4, -0.2) is 59.1 Å². The first-order valence-electron chi connectivity index (χ1n) is 7.75. The van der Waals surface area contributed by atoms with Crippen molar-refractivity contribution in [2.24, 2.45) is 0 Å². The largest absolute Gasteiger partial charge is 0.481 e. The highest BCUT2D eigenvalue weighted by molar-refractivity contribution is 5.67. The summed E-state index contributed by atoms with van der Waals surface area (Å²) in [6.45, 7) is 4.25. The molecule has 1 N–H and O–H groups in total. The summed E-state index contributed by atoms with van der Waals surface area (Å²) in [4.78, 5) is 15.9. The molecule has 0 aromatic carbocycles. The van der Waals surface area contributed by atoms with Crippen LogP contribution in [0.4, 0.5) is 0 Å². The predicted octanol–water partition coefficient (Wildman–Crippen LogP) is 2.19. The second kappa shape index (κ2) is 6.71. The van der Waals surface area contributed by atoms with Crippen LogP contribution in [0.5, 0.6) is 0 Å². The molecule has 1 heterocycles. The summed E-state index contributed by atoms with van der Waals surface area (Å²) >= 11 is 0. The summed E-state index contributed by atoms with van der Waals surface area (Å²) < 4.78 is 0. The maximum Gasteiger partial charge on any atom is 0.304 e. The van der Waals surface area contributed by atoms with E-state index in [1.54, 1.807) is 0 Å². The molecule has 0 radical (unpaired) electrons. The summed E-state index contributed by atoms with van der Waals surface area (Å²) in [6, 6.07) is 1.44. The third-order valence-corrected chi connectivity index (χ3v) is 4.96. The molecule has 19 heavy (non-hydrogen) atoms. The highest BCUT2D eigenvalue weighted by Gasteiger charge is 2.32. The molecule has 1 aliphatic heterocycles. The van der Waals surface area contributed by atoms with Crippen molar-refractivity contribution in [3.63, 3.8) is 0 Å². The Bertz CT molecular complexity index is 303. The van der Waals surface area contributed by atoms with Crippen molar-refractivity contribution in [2.45, 2.75) is 70.0 Å². The Morgan fingerprint density at radius 3 is 2.53 bits per heavy atom. The van der Waals surface area contributed by atoms with Crippen molar-refractivity contribution >= 4 is 5.97 Å². The molecule has 1 aliphatic carbocycles. The summed E-state index contributed by atoms with van der Waals surface area (Å²) in [5, 5.41) is 9.09. The van der Waals surface area contributed by atoms with Crippen LogP contribution < -0.4 is 0 Å². The molecule has 4 heteroatoms. The molecule has 0 aromatic rings. The van der Waals surface area contributed by atoms with E-state index in [0.717, 1.165) is 19.5 Å². The van der Waals surface area contributed by atoms with Gasteiger partial charge >= 0.3 is 5.97 Å². The van der Waals surface area contributed by atoms with Crippen molar-refractivity contribution in [3.05, 3.63) is 0 Å². The van der Waals surface area contributed by atoms with E-state index >= 15 is 0 Å². The van der Waals surface area contributed by atoms with Gasteiger partial charge in [-0.1, -0.05) is 19.3 Å². The van der Waals surface area contributed by atoms with Crippen molar-refractivity contribution in [1.82, 2.24) is 9.80 Å². The summed E-state index contributed by atoms with van der Waals surface area (Å²) in [7, 11) is 2.07. The molecule has 0 amide bonds. The van der Waals surface area contributed by atoms with Crippen LogP contribution in [0, 0.1) is 0 Å². The van der Waals surface area contributed by atoms with Gasteiger partial charge in [-0.25, -0.2) is 0 Å². The summed E-state index contributed by atoms with van der Waals surface area (Å²) in [5.74, 6) is -0.671. The number of aliphatic carboxylic acids is 1. The Labute approximate surface area is 116 Å². The minimum Gasteiger partial charge on any atom is -0.481 e. The highest BCUT2D eigenvalue weighted by Crippen LogP contribution is 2.27. The lowest BCUT2D eigenvalue weighted by Crippen LogP contribution is -2.47. The van der Waals surface area contributed by atoms with Gasteiger partial charge < -0.3 is 10.0 Å². The zero-order valence-corrected chi connectivity index (χ0v) is 12.3. The number of carboxylic acid groups (broad SMARTS) is 1. The van der Waals surface area contributed by atoms with Gasteiger partial charge in [0.25, 0.3) is 0 Å². The molecule has 2 aliphatic rings. The van der Waals surface area contributed by atoms with Crippen LogP contribution in [0.2, 0.25) is 0 Å². The first kappa shape index (κ1) is 14.8. The minimum atomic E-state index is -0.671. The molecule has 1 saturated heterocycles. The number of rotatable bonds is 3. The molecule has 0 spiro atoms. The predicted molar refractivity (Wildman–Crippen MR) is 76.3 cm³/mol. The number of likely N-dealkylation sites (N-methyl/N-ethyl adjacent to an activating group) is 1. The van der Waals surface area contributed by atoms with Gasteiger partial charge in [0.1, 0.15) is 0 Å². The van der Waals surface area contributed by atoms with Crippen LogP contribution in [0.1, 0.15) is 51.9 Å². The van der Waals surface area contributed by atoms with Gasteiger partial charge in [-0.05, 0) is 39.8 Å². The number of hydrogen-bond donors (Lipinski definition) is 1. The molecular weight excluding hydrogens is 240 g/mol. The molecule has 2 atom stereocenters. The van der Waals surface area contributed by atoms with Crippen LogP contribution >= 0.6 is 0 Å². The maximum atomic E-state index is 11.0. The average Bonchev–Trinajstić information content (AvgIpc) is 2.52. The fourth-order valence-corrected chi connectivity index (χ4v) is 3.65. The third-order valence-electron chi connectivity index (χ3n) is 4.96. The molecule has 0 aromatic heterocycles. The smallest absolute Gasteiger partial charge is 0.304 e. The highest BCUT2D eigenvalue weighted by atomic mass is 16.4. The Kier molecular flexibility index (Phi) is 5.22. The van der Waals surface area contributed by atoms with Gasteiger partial charge in [0.2, 0.25) is 0 Å². The van der Waals surface area contributed by atoms with Gasteiger partial charge in [0.05, 0.1) is 6.42 Å². The Hall–Kier alpha value is -0.610. The van der Waals surface area contributed by atoms with Gasteiger partial charge in [0, 0.05) is 24.7 Å². The monoisotopic (exact) mass is 268 g/mol. The zero-order valence-electron chi connectivity index (χ0n) is 12.3. The van der Waals surface area contributed by atoms with Gasteiger partial charge in [-0.15, -0.1) is 0 Å². The second-order valence-corrected chi connectivity index (χ2v) is 6.36. The lowest BCUT2D eigenvalue weighted by atomic mass is 9.92. The van der Waals surface area contributed by atoms with Crippen molar-refractivity contribution in [3.8, 4) is 0 Å². The summed E-state index contributed by atoms with van der Waals surface area (Å²) in [6.07, 6.45) is 8.08. The fraction of sp³-hybridized carbons (Fsp3) is 0.933. The van der Waals surface area contributed by atoms with Crippen LogP contribution in [-0.2, 0) is 4.79 Å². The van der Waals surface area contributed by atoms with Crippen LogP contribution in [0.15, 0.2) is 0 Å². The topological polar surface area (TPSA) is 43.8 Å². The lowest BCUT2D eigenvalue weighted by molar-refractivity contribution is -0.138. The fourth-order valence-electron chi connectivity index (χ4n) is 3.65. The van der Waals surface area contributed by atoms with Gasteiger partial charge in [0.15, 0.2) is 0 Å². The molecule has 1 saturated carbocycles. The molecule has 0 bridgehead atoms. The first-order chi connectivity index (χ1) is 9.08. The van der Waals surface area contributed by atoms with Crippen LogP contribution in [0.25, 0.3) is 0 Å². The van der Waals surface area contributed by atoms with E-state index in [1.165, 1.54) is 32.1 Å². The van der Waals surface area contributed by atoms with E-state index in [-0.39, 0.29) is 12.5 Å². The second-order valence-electron chi connectivity index (χ2n) is 6.36. The van der Waals surface area contributed by atoms with E-state index in [2.05, 4.69) is 23.8 Å². The van der Waals surface area contributed by atoms with Gasteiger partial charge in [-0.3, -0.25) is 9.69 Å². The molecule has 110 valence electrons. The van der Waals surface area contributed by atoms with E-state index in [9.17, 15) is 4.79 Å². The van der Waals surface area contributed by atoms with Gasteiger partial charge in [-0.2, -0.15) is 0 Å². The Morgan fingerprint density at radius 2 is 1.89 bits per heavy atom. The van der Waals surface area contributed by atoms with Crippen molar-refractivity contribution < 1.29 is 9.90 Å². The number of carbonyl (C=O) groups is 1. The van der Waals surface area contributed by atoms with E-state index in [4.69, 9.17) is 5.11 Å². The van der Waals surface area contributed by atoms with Crippen LogP contribution in [0.3, 0.4) is 0 Å². The minimum absolute atomic E-state index is 0.171. The lowest BCUT2D eigenvalue weighted by Gasteiger charge is -2.39. The number of hydrogen-bond acceptors (Lipinski definition) is 3. The maximum absolute atomic E-state index is 11.0. The quantitative estimate of drug-likeness (QED) is 0.852. The number of nitrogens with zero attached hydrogens (tertiary/aromatic N) is 2. The Balaban J connectivity index is 2.04. The first-order valence-corrected chi connectivity index (χ1v) is 7.75.